The van der Waals surface area contributed by atoms with E-state index < -0.39 is 0 Å². The predicted molar refractivity (Wildman–Crippen MR) is 54.6 cm³/mol. The number of hydrogen-bond acceptors (Lipinski definition) is 1. The molecular weight excluding hydrogens is 158 g/mol. The Morgan fingerprint density at radius 3 is 2.38 bits per heavy atom. The maximum absolute atomic E-state index is 3.75. The Kier molecular flexibility index (Phi) is 1.90. The van der Waals surface area contributed by atoms with Crippen LogP contribution in [-0.4, -0.2) is 12.1 Å². The van der Waals surface area contributed by atoms with Crippen molar-refractivity contribution in [1.29, 1.82) is 0 Å². The molecule has 0 aromatic carbocycles. The molecule has 1 unspecified atom stereocenters. The SMILES string of the molecule is C1CCC(C2CCNC23CC3)CC1. The maximum Gasteiger partial charge on any atom is 0.0214 e. The summed E-state index contributed by atoms with van der Waals surface area (Å²) < 4.78 is 0. The summed E-state index contributed by atoms with van der Waals surface area (Å²) in [5, 5.41) is 3.75. The average molecular weight is 179 g/mol. The highest BCUT2D eigenvalue weighted by Crippen LogP contribution is 2.52. The second-order valence-corrected chi connectivity index (χ2v) is 5.38. The maximum atomic E-state index is 3.75. The van der Waals surface area contributed by atoms with E-state index in [0.717, 1.165) is 11.8 Å². The summed E-state index contributed by atoms with van der Waals surface area (Å²) in [6.07, 6.45) is 12.0. The molecular formula is C12H21N. The third kappa shape index (κ3) is 1.32. The van der Waals surface area contributed by atoms with E-state index in [4.69, 9.17) is 0 Å². The van der Waals surface area contributed by atoms with Crippen LogP contribution < -0.4 is 5.32 Å². The molecule has 13 heavy (non-hydrogen) atoms. The quantitative estimate of drug-likeness (QED) is 0.652. The fraction of sp³-hybridized carbons (Fsp3) is 1.00. The van der Waals surface area contributed by atoms with Crippen molar-refractivity contribution in [1.82, 2.24) is 5.32 Å². The Bertz CT molecular complexity index is 189. The predicted octanol–water partition coefficient (Wildman–Crippen LogP) is 2.71. The molecule has 0 bridgehead atoms. The van der Waals surface area contributed by atoms with E-state index in [2.05, 4.69) is 5.32 Å². The summed E-state index contributed by atoms with van der Waals surface area (Å²) in [6.45, 7) is 1.31. The summed E-state index contributed by atoms with van der Waals surface area (Å²) in [7, 11) is 0. The van der Waals surface area contributed by atoms with Gasteiger partial charge in [-0.3, -0.25) is 0 Å². The van der Waals surface area contributed by atoms with E-state index in [0.29, 0.717) is 5.54 Å². The fourth-order valence-corrected chi connectivity index (χ4v) is 3.79. The molecule has 0 aromatic heterocycles. The van der Waals surface area contributed by atoms with Gasteiger partial charge >= 0.3 is 0 Å². The summed E-state index contributed by atoms with van der Waals surface area (Å²) in [4.78, 5) is 0. The molecule has 0 amide bonds. The molecule has 3 fully saturated rings. The highest BCUT2D eigenvalue weighted by atomic mass is 15.1. The molecule has 1 aliphatic heterocycles. The van der Waals surface area contributed by atoms with Gasteiger partial charge in [-0.1, -0.05) is 32.1 Å². The lowest BCUT2D eigenvalue weighted by Crippen LogP contribution is -2.34. The molecule has 2 aliphatic carbocycles. The second-order valence-electron chi connectivity index (χ2n) is 5.38. The van der Waals surface area contributed by atoms with Gasteiger partial charge in [0.15, 0.2) is 0 Å². The topological polar surface area (TPSA) is 12.0 Å². The lowest BCUT2D eigenvalue weighted by atomic mass is 9.76. The van der Waals surface area contributed by atoms with Crippen LogP contribution in [0, 0.1) is 11.8 Å². The van der Waals surface area contributed by atoms with Crippen LogP contribution in [0.4, 0.5) is 0 Å². The van der Waals surface area contributed by atoms with E-state index in [-0.39, 0.29) is 0 Å². The van der Waals surface area contributed by atoms with Crippen LogP contribution in [0.2, 0.25) is 0 Å². The third-order valence-corrected chi connectivity index (χ3v) is 4.65. The van der Waals surface area contributed by atoms with Gasteiger partial charge in [0, 0.05) is 5.54 Å². The van der Waals surface area contributed by atoms with Crippen LogP contribution >= 0.6 is 0 Å². The fourth-order valence-electron chi connectivity index (χ4n) is 3.79. The number of hydrogen-bond donors (Lipinski definition) is 1. The van der Waals surface area contributed by atoms with E-state index >= 15 is 0 Å². The first-order valence-electron chi connectivity index (χ1n) is 6.16. The zero-order chi connectivity index (χ0) is 8.73. The van der Waals surface area contributed by atoms with Gasteiger partial charge in [0.2, 0.25) is 0 Å². The van der Waals surface area contributed by atoms with Crippen molar-refractivity contribution in [2.45, 2.75) is 56.9 Å². The van der Waals surface area contributed by atoms with E-state index in [1.165, 1.54) is 57.9 Å². The largest absolute Gasteiger partial charge is 0.311 e. The van der Waals surface area contributed by atoms with Gasteiger partial charge in [-0.25, -0.2) is 0 Å². The third-order valence-electron chi connectivity index (χ3n) is 4.65. The van der Waals surface area contributed by atoms with E-state index in [9.17, 15) is 0 Å². The van der Waals surface area contributed by atoms with Crippen LogP contribution in [0.15, 0.2) is 0 Å². The minimum absolute atomic E-state index is 0.669. The summed E-state index contributed by atoms with van der Waals surface area (Å²) >= 11 is 0. The molecule has 3 aliphatic rings. The normalized spacial score (nSPS) is 38.3. The van der Waals surface area contributed by atoms with Crippen LogP contribution in [-0.2, 0) is 0 Å². The molecule has 1 N–H and O–H groups in total. The number of nitrogens with one attached hydrogen (secondary N) is 1. The number of rotatable bonds is 1. The van der Waals surface area contributed by atoms with Crippen LogP contribution in [0.25, 0.3) is 0 Å². The van der Waals surface area contributed by atoms with Crippen molar-refractivity contribution >= 4 is 0 Å². The summed E-state index contributed by atoms with van der Waals surface area (Å²) in [5.41, 5.74) is 0.669. The average Bonchev–Trinajstić information content (AvgIpc) is 2.80. The molecule has 0 aromatic rings. The van der Waals surface area contributed by atoms with Gasteiger partial charge in [0.05, 0.1) is 0 Å². The Morgan fingerprint density at radius 1 is 0.923 bits per heavy atom. The molecule has 3 rings (SSSR count). The Labute approximate surface area is 81.3 Å². The van der Waals surface area contributed by atoms with Crippen LogP contribution in [0.5, 0.6) is 0 Å². The van der Waals surface area contributed by atoms with Gasteiger partial charge in [-0.2, -0.15) is 0 Å². The van der Waals surface area contributed by atoms with Crippen molar-refractivity contribution in [3.05, 3.63) is 0 Å². The van der Waals surface area contributed by atoms with E-state index in [1.807, 2.05) is 0 Å². The van der Waals surface area contributed by atoms with Gasteiger partial charge in [-0.15, -0.1) is 0 Å². The lowest BCUT2D eigenvalue weighted by molar-refractivity contribution is 0.219. The molecule has 74 valence electrons. The Balaban J connectivity index is 1.69. The molecule has 1 heteroatoms. The van der Waals surface area contributed by atoms with Gasteiger partial charge in [0.25, 0.3) is 0 Å². The Hall–Kier alpha value is -0.0400. The minimum Gasteiger partial charge on any atom is -0.311 e. The van der Waals surface area contributed by atoms with Gasteiger partial charge in [0.1, 0.15) is 0 Å². The highest BCUT2D eigenvalue weighted by Gasteiger charge is 2.53. The van der Waals surface area contributed by atoms with Gasteiger partial charge < -0.3 is 5.32 Å². The van der Waals surface area contributed by atoms with Crippen molar-refractivity contribution in [3.63, 3.8) is 0 Å². The summed E-state index contributed by atoms with van der Waals surface area (Å²) in [6, 6.07) is 0. The lowest BCUT2D eigenvalue weighted by Gasteiger charge is -2.31. The molecule has 1 nitrogen and oxygen atoms in total. The van der Waals surface area contributed by atoms with Gasteiger partial charge in [-0.05, 0) is 37.6 Å². The summed E-state index contributed by atoms with van der Waals surface area (Å²) in [5.74, 6) is 2.15. The van der Waals surface area contributed by atoms with Crippen molar-refractivity contribution < 1.29 is 0 Å². The second kappa shape index (κ2) is 2.98. The standard InChI is InChI=1S/C12H21N/c1-2-4-10(5-3-1)11-6-9-13-12(11)7-8-12/h10-11,13H,1-9H2. The monoisotopic (exact) mass is 179 g/mol. The molecule has 2 saturated carbocycles. The molecule has 1 spiro atoms. The highest BCUT2D eigenvalue weighted by molar-refractivity contribution is 5.11. The first kappa shape index (κ1) is 8.28. The molecule has 0 radical (unpaired) electrons. The van der Waals surface area contributed by atoms with Crippen molar-refractivity contribution in [3.8, 4) is 0 Å². The van der Waals surface area contributed by atoms with Crippen LogP contribution in [0.3, 0.4) is 0 Å². The Morgan fingerprint density at radius 2 is 1.69 bits per heavy atom. The molecule has 1 atom stereocenters. The smallest absolute Gasteiger partial charge is 0.0214 e. The minimum atomic E-state index is 0.669. The van der Waals surface area contributed by atoms with Crippen molar-refractivity contribution in [2.24, 2.45) is 11.8 Å². The first-order valence-corrected chi connectivity index (χ1v) is 6.16. The van der Waals surface area contributed by atoms with E-state index in [1.54, 1.807) is 0 Å². The van der Waals surface area contributed by atoms with Crippen LogP contribution in [0.1, 0.15) is 51.4 Å². The first-order chi connectivity index (χ1) is 6.41. The molecule has 1 saturated heterocycles. The van der Waals surface area contributed by atoms with Crippen molar-refractivity contribution in [2.75, 3.05) is 6.54 Å². The zero-order valence-electron chi connectivity index (χ0n) is 8.52. The zero-order valence-corrected chi connectivity index (χ0v) is 8.52. The molecule has 1 heterocycles.